The van der Waals surface area contributed by atoms with Crippen LogP contribution < -0.4 is 10.6 Å². The Kier molecular flexibility index (Phi) is 4.29. The second-order valence-electron chi connectivity index (χ2n) is 6.31. The molecule has 0 atom stereocenters. The van der Waals surface area contributed by atoms with E-state index in [1.165, 1.54) is 12.1 Å². The Morgan fingerprint density at radius 3 is 2.61 bits per heavy atom. The highest BCUT2D eigenvalue weighted by Crippen LogP contribution is 2.25. The Labute approximate surface area is 159 Å². The van der Waals surface area contributed by atoms with Gasteiger partial charge in [0.25, 0.3) is 0 Å². The van der Waals surface area contributed by atoms with Crippen LogP contribution in [0.1, 0.15) is 16.1 Å². The van der Waals surface area contributed by atoms with E-state index in [2.05, 4.69) is 31.7 Å². The lowest BCUT2D eigenvalue weighted by Crippen LogP contribution is -2.01. The van der Waals surface area contributed by atoms with Crippen LogP contribution in [0.4, 0.5) is 23.1 Å². The molecule has 0 fully saturated rings. The number of aromatic amines is 1. The summed E-state index contributed by atoms with van der Waals surface area (Å²) >= 11 is 0. The van der Waals surface area contributed by atoms with Crippen LogP contribution in [0.25, 0.3) is 10.9 Å². The molecule has 0 aliphatic rings. The maximum Gasteiger partial charge on any atom is 0.339 e. The second kappa shape index (κ2) is 6.92. The molecule has 0 saturated heterocycles. The number of rotatable bonds is 5. The number of nitrogens with one attached hydrogen (secondary N) is 3. The predicted octanol–water partition coefficient (Wildman–Crippen LogP) is 4.16. The zero-order valence-electron chi connectivity index (χ0n) is 14.9. The second-order valence-corrected chi connectivity index (χ2v) is 6.31. The van der Waals surface area contributed by atoms with E-state index in [0.29, 0.717) is 17.5 Å². The summed E-state index contributed by atoms with van der Waals surface area (Å²) in [4.78, 5) is 22.9. The van der Waals surface area contributed by atoms with Crippen LogP contribution in [-0.2, 0) is 0 Å². The fourth-order valence-corrected chi connectivity index (χ4v) is 2.91. The number of nitrogens with zero attached hydrogens (tertiary/aromatic N) is 2. The fourth-order valence-electron chi connectivity index (χ4n) is 2.91. The lowest BCUT2D eigenvalue weighted by atomic mass is 10.2. The van der Waals surface area contributed by atoms with Gasteiger partial charge in [0.1, 0.15) is 17.1 Å². The highest BCUT2D eigenvalue weighted by Gasteiger charge is 2.10. The van der Waals surface area contributed by atoms with Gasteiger partial charge in [0, 0.05) is 34.8 Å². The summed E-state index contributed by atoms with van der Waals surface area (Å²) in [6, 6.07) is 13.9. The summed E-state index contributed by atoms with van der Waals surface area (Å²) in [7, 11) is 0. The molecule has 0 aliphatic heterocycles. The van der Waals surface area contributed by atoms with Crippen molar-refractivity contribution >= 4 is 40.0 Å². The fraction of sp³-hybridized carbons (Fsp3) is 0.0500. The van der Waals surface area contributed by atoms with Gasteiger partial charge in [-0.3, -0.25) is 0 Å². The first kappa shape index (κ1) is 17.3. The molecule has 4 aromatic rings. The van der Waals surface area contributed by atoms with Crippen molar-refractivity contribution in [3.63, 3.8) is 0 Å². The molecule has 8 heteroatoms. The molecular weight excluding hydrogens is 358 g/mol. The number of aromatic hydroxyl groups is 1. The summed E-state index contributed by atoms with van der Waals surface area (Å²) < 4.78 is 0. The molecule has 28 heavy (non-hydrogen) atoms. The molecule has 2 aromatic heterocycles. The van der Waals surface area contributed by atoms with Crippen LogP contribution in [0.5, 0.6) is 5.75 Å². The van der Waals surface area contributed by atoms with Crippen molar-refractivity contribution in [2.45, 2.75) is 6.92 Å². The minimum atomic E-state index is -1.19. The van der Waals surface area contributed by atoms with Gasteiger partial charge in [-0.1, -0.05) is 6.07 Å². The topological polar surface area (TPSA) is 123 Å². The molecule has 2 heterocycles. The van der Waals surface area contributed by atoms with E-state index in [9.17, 15) is 9.90 Å². The summed E-state index contributed by atoms with van der Waals surface area (Å²) in [5, 5.41) is 26.1. The molecule has 0 unspecified atom stereocenters. The van der Waals surface area contributed by atoms with Gasteiger partial charge in [-0.2, -0.15) is 4.98 Å². The molecule has 4 rings (SSSR count). The van der Waals surface area contributed by atoms with Crippen LogP contribution >= 0.6 is 0 Å². The zero-order valence-corrected chi connectivity index (χ0v) is 14.9. The summed E-state index contributed by atoms with van der Waals surface area (Å²) in [6.07, 6.45) is 1.60. The number of hydrogen-bond donors (Lipinski definition) is 5. The van der Waals surface area contributed by atoms with E-state index in [-0.39, 0.29) is 11.3 Å². The predicted molar refractivity (Wildman–Crippen MR) is 107 cm³/mol. The molecule has 0 amide bonds. The maximum absolute atomic E-state index is 11.0. The Morgan fingerprint density at radius 2 is 1.82 bits per heavy atom. The Morgan fingerprint density at radius 1 is 1.04 bits per heavy atom. The normalized spacial score (nSPS) is 10.8. The average molecular weight is 375 g/mol. The van der Waals surface area contributed by atoms with E-state index >= 15 is 0 Å². The van der Waals surface area contributed by atoms with Gasteiger partial charge >= 0.3 is 5.97 Å². The third-order valence-corrected chi connectivity index (χ3v) is 4.17. The number of aryl methyl sites for hydroxylation is 1. The van der Waals surface area contributed by atoms with Gasteiger partial charge in [-0.25, -0.2) is 9.78 Å². The van der Waals surface area contributed by atoms with Crippen LogP contribution in [0.3, 0.4) is 0 Å². The number of anilines is 4. The Balaban J connectivity index is 1.53. The van der Waals surface area contributed by atoms with Gasteiger partial charge in [0.2, 0.25) is 5.95 Å². The number of fused-ring (bicyclic) bond motifs is 1. The van der Waals surface area contributed by atoms with Crippen LogP contribution in [-0.4, -0.2) is 31.1 Å². The highest BCUT2D eigenvalue weighted by molar-refractivity contribution is 5.91. The molecular formula is C20H17N5O3. The average Bonchev–Trinajstić information content (AvgIpc) is 3.01. The number of H-pyrrole nitrogens is 1. The molecule has 0 aliphatic carbocycles. The van der Waals surface area contributed by atoms with Crippen molar-refractivity contribution in [2.24, 2.45) is 0 Å². The van der Waals surface area contributed by atoms with E-state index in [4.69, 9.17) is 5.11 Å². The van der Waals surface area contributed by atoms with Crippen LogP contribution in [0.15, 0.2) is 54.7 Å². The number of carboxylic acids is 1. The van der Waals surface area contributed by atoms with Crippen molar-refractivity contribution < 1.29 is 15.0 Å². The molecule has 5 N–H and O–H groups in total. The molecule has 140 valence electrons. The minimum absolute atomic E-state index is 0.162. The first-order chi connectivity index (χ1) is 13.5. The third kappa shape index (κ3) is 3.56. The van der Waals surface area contributed by atoms with Crippen molar-refractivity contribution in [1.29, 1.82) is 0 Å². The van der Waals surface area contributed by atoms with E-state index in [0.717, 1.165) is 22.3 Å². The SMILES string of the molecule is Cc1cc2ccc(Nc3nccc(Nc4ccc(C(=O)O)c(O)c4)n3)cc2[nH]1. The monoisotopic (exact) mass is 375 g/mol. The number of aromatic nitrogens is 3. The number of aromatic carboxylic acids is 1. The minimum Gasteiger partial charge on any atom is -0.507 e. The number of hydrogen-bond acceptors (Lipinski definition) is 6. The third-order valence-electron chi connectivity index (χ3n) is 4.17. The lowest BCUT2D eigenvalue weighted by Gasteiger charge is -2.09. The van der Waals surface area contributed by atoms with Gasteiger partial charge in [0.05, 0.1) is 0 Å². The molecule has 0 spiro atoms. The molecule has 0 bridgehead atoms. The van der Waals surface area contributed by atoms with Crippen molar-refractivity contribution in [3.05, 3.63) is 66.0 Å². The molecule has 2 aromatic carbocycles. The number of phenols is 1. The smallest absolute Gasteiger partial charge is 0.339 e. The molecule has 8 nitrogen and oxygen atoms in total. The zero-order chi connectivity index (χ0) is 19.7. The standard InChI is InChI=1S/C20H17N5O3/c1-11-8-12-2-3-13(9-16(12)22-11)24-20-21-7-6-18(25-20)23-14-4-5-15(19(27)28)17(26)10-14/h2-10,22,26H,1H3,(H,27,28)(H2,21,23,24,25). The largest absolute Gasteiger partial charge is 0.507 e. The van der Waals surface area contributed by atoms with Crippen molar-refractivity contribution in [3.8, 4) is 5.75 Å². The van der Waals surface area contributed by atoms with Gasteiger partial charge in [-0.05, 0) is 48.7 Å². The van der Waals surface area contributed by atoms with Gasteiger partial charge in [0.15, 0.2) is 0 Å². The highest BCUT2D eigenvalue weighted by atomic mass is 16.4. The summed E-state index contributed by atoms with van der Waals surface area (Å²) in [6.45, 7) is 2.01. The summed E-state index contributed by atoms with van der Waals surface area (Å²) in [5.41, 5.74) is 3.30. The molecule has 0 radical (unpaired) electrons. The van der Waals surface area contributed by atoms with Crippen molar-refractivity contribution in [2.75, 3.05) is 10.6 Å². The number of carboxylic acid groups (broad SMARTS) is 1. The first-order valence-electron chi connectivity index (χ1n) is 8.51. The quantitative estimate of drug-likeness (QED) is 0.355. The first-order valence-corrected chi connectivity index (χ1v) is 8.51. The Bertz CT molecular complexity index is 1190. The maximum atomic E-state index is 11.0. The van der Waals surface area contributed by atoms with Gasteiger partial charge in [-0.15, -0.1) is 0 Å². The summed E-state index contributed by atoms with van der Waals surface area (Å²) in [5.74, 6) is -0.609. The van der Waals surface area contributed by atoms with E-state index in [1.54, 1.807) is 18.3 Å². The Hall–Kier alpha value is -4.07. The van der Waals surface area contributed by atoms with E-state index < -0.39 is 5.97 Å². The number of benzene rings is 2. The van der Waals surface area contributed by atoms with E-state index in [1.807, 2.05) is 25.1 Å². The van der Waals surface area contributed by atoms with Crippen LogP contribution in [0.2, 0.25) is 0 Å². The lowest BCUT2D eigenvalue weighted by molar-refractivity contribution is 0.0694. The van der Waals surface area contributed by atoms with Crippen molar-refractivity contribution in [1.82, 2.24) is 15.0 Å². The molecule has 0 saturated carbocycles. The van der Waals surface area contributed by atoms with Crippen LogP contribution in [0, 0.1) is 6.92 Å². The number of carbonyl (C=O) groups is 1. The van der Waals surface area contributed by atoms with Gasteiger partial charge < -0.3 is 25.8 Å².